The van der Waals surface area contributed by atoms with Crippen LogP contribution < -0.4 is 0 Å². The van der Waals surface area contributed by atoms with Crippen LogP contribution >= 0.6 is 0 Å². The topological polar surface area (TPSA) is 0 Å². The van der Waals surface area contributed by atoms with Crippen molar-refractivity contribution < 1.29 is 0 Å². The molecule has 0 radical (unpaired) electrons. The smallest absolute Gasteiger partial charge is 0.0252 e. The molecule has 0 bridgehead atoms. The van der Waals surface area contributed by atoms with Gasteiger partial charge in [0.1, 0.15) is 0 Å². The maximum absolute atomic E-state index is 4.90. The SMILES string of the molecule is C=C1C(c2ccccc2)=C(c2ccccc2)[C@@]2(C)C(C)=C(c3ccccc3)C(c3ccccc3)[C@@]12C. The van der Waals surface area contributed by atoms with Gasteiger partial charge in [0.25, 0.3) is 0 Å². The predicted molar refractivity (Wildman–Crippen MR) is 153 cm³/mol. The highest BCUT2D eigenvalue weighted by molar-refractivity contribution is 6.09. The van der Waals surface area contributed by atoms with E-state index in [1.165, 1.54) is 50.1 Å². The van der Waals surface area contributed by atoms with E-state index in [1.54, 1.807) is 0 Å². The summed E-state index contributed by atoms with van der Waals surface area (Å²) in [5, 5.41) is 0. The minimum absolute atomic E-state index is 0.193. The van der Waals surface area contributed by atoms with Gasteiger partial charge in [-0.2, -0.15) is 0 Å². The Balaban J connectivity index is 1.73. The minimum Gasteiger partial charge on any atom is -0.0946 e. The van der Waals surface area contributed by atoms with Crippen molar-refractivity contribution in [3.05, 3.63) is 161 Å². The molecule has 2 aliphatic carbocycles. The summed E-state index contributed by atoms with van der Waals surface area (Å²) in [6, 6.07) is 43.9. The maximum Gasteiger partial charge on any atom is 0.0252 e. The van der Waals surface area contributed by atoms with E-state index in [0.29, 0.717) is 0 Å². The minimum atomic E-state index is -0.222. The van der Waals surface area contributed by atoms with Gasteiger partial charge < -0.3 is 0 Å². The lowest BCUT2D eigenvalue weighted by atomic mass is 9.58. The van der Waals surface area contributed by atoms with Crippen LogP contribution in [0.25, 0.3) is 16.7 Å². The fraction of sp³-hybridized carbons (Fsp3) is 0.167. The average Bonchev–Trinajstić information content (AvgIpc) is 3.24. The second-order valence-corrected chi connectivity index (χ2v) is 10.5. The van der Waals surface area contributed by atoms with Crippen molar-refractivity contribution >= 4 is 16.7 Å². The Kier molecular flexibility index (Phi) is 5.23. The zero-order valence-corrected chi connectivity index (χ0v) is 21.3. The van der Waals surface area contributed by atoms with Crippen LogP contribution in [-0.2, 0) is 0 Å². The molecular weight excluding hydrogens is 432 g/mol. The van der Waals surface area contributed by atoms with E-state index in [4.69, 9.17) is 6.58 Å². The lowest BCUT2D eigenvalue weighted by Gasteiger charge is -2.44. The molecule has 0 saturated heterocycles. The van der Waals surface area contributed by atoms with Crippen LogP contribution in [0.4, 0.5) is 0 Å². The van der Waals surface area contributed by atoms with Gasteiger partial charge >= 0.3 is 0 Å². The number of allylic oxidation sites excluding steroid dienone is 5. The van der Waals surface area contributed by atoms with E-state index in [9.17, 15) is 0 Å². The Morgan fingerprint density at radius 3 is 1.56 bits per heavy atom. The molecule has 4 aromatic carbocycles. The molecule has 0 fully saturated rings. The van der Waals surface area contributed by atoms with Crippen LogP contribution in [0.2, 0.25) is 0 Å². The molecule has 0 heterocycles. The quantitative estimate of drug-likeness (QED) is 0.282. The maximum atomic E-state index is 4.90. The summed E-state index contributed by atoms with van der Waals surface area (Å²) in [5.74, 6) is 0.193. The third kappa shape index (κ3) is 2.94. The van der Waals surface area contributed by atoms with Gasteiger partial charge in [-0.05, 0) is 51.5 Å². The third-order valence-electron chi connectivity index (χ3n) is 9.08. The molecule has 0 saturated carbocycles. The normalized spacial score (nSPS) is 25.4. The third-order valence-corrected chi connectivity index (χ3v) is 9.08. The van der Waals surface area contributed by atoms with Gasteiger partial charge in [0.15, 0.2) is 0 Å². The van der Waals surface area contributed by atoms with Crippen LogP contribution in [-0.4, -0.2) is 0 Å². The second-order valence-electron chi connectivity index (χ2n) is 10.5. The van der Waals surface area contributed by atoms with Crippen LogP contribution in [0.5, 0.6) is 0 Å². The molecule has 1 unspecified atom stereocenters. The molecule has 6 rings (SSSR count). The zero-order chi connectivity index (χ0) is 24.9. The number of fused-ring (bicyclic) bond motifs is 1. The van der Waals surface area contributed by atoms with Gasteiger partial charge in [-0.1, -0.05) is 147 Å². The zero-order valence-electron chi connectivity index (χ0n) is 21.3. The summed E-state index contributed by atoms with van der Waals surface area (Å²) in [7, 11) is 0. The van der Waals surface area contributed by atoms with Gasteiger partial charge in [0.2, 0.25) is 0 Å². The summed E-state index contributed by atoms with van der Waals surface area (Å²) in [5.41, 5.74) is 11.6. The monoisotopic (exact) mass is 464 g/mol. The van der Waals surface area contributed by atoms with E-state index in [2.05, 4.69) is 142 Å². The Morgan fingerprint density at radius 2 is 1.03 bits per heavy atom. The van der Waals surface area contributed by atoms with Gasteiger partial charge in [-0.15, -0.1) is 0 Å². The van der Waals surface area contributed by atoms with Crippen molar-refractivity contribution in [3.8, 4) is 0 Å². The molecular formula is C36H32. The number of hydrogen-bond donors (Lipinski definition) is 0. The van der Waals surface area contributed by atoms with Crippen molar-refractivity contribution in [1.82, 2.24) is 0 Å². The van der Waals surface area contributed by atoms with Crippen LogP contribution in [0.3, 0.4) is 0 Å². The number of hydrogen-bond acceptors (Lipinski definition) is 0. The Bertz CT molecular complexity index is 1490. The van der Waals surface area contributed by atoms with E-state index >= 15 is 0 Å². The van der Waals surface area contributed by atoms with Gasteiger partial charge in [-0.25, -0.2) is 0 Å². The van der Waals surface area contributed by atoms with Gasteiger partial charge in [0, 0.05) is 16.7 Å². The Labute approximate surface area is 215 Å². The van der Waals surface area contributed by atoms with E-state index in [0.717, 1.165) is 0 Å². The van der Waals surface area contributed by atoms with Crippen molar-refractivity contribution in [2.24, 2.45) is 10.8 Å². The summed E-state index contributed by atoms with van der Waals surface area (Å²) in [6.07, 6.45) is 0. The lowest BCUT2D eigenvalue weighted by molar-refractivity contribution is 0.244. The Hall–Kier alpha value is -3.90. The highest BCUT2D eigenvalue weighted by atomic mass is 14.7. The van der Waals surface area contributed by atoms with Gasteiger partial charge in [0.05, 0.1) is 0 Å². The lowest BCUT2D eigenvalue weighted by Crippen LogP contribution is -2.36. The number of rotatable bonds is 4. The second kappa shape index (κ2) is 8.35. The van der Waals surface area contributed by atoms with Crippen LogP contribution in [0, 0.1) is 10.8 Å². The molecule has 0 amide bonds. The largest absolute Gasteiger partial charge is 0.0946 e. The molecule has 0 heteroatoms. The molecule has 0 N–H and O–H groups in total. The molecule has 0 aliphatic heterocycles. The number of benzene rings is 4. The summed E-state index contributed by atoms with van der Waals surface area (Å²) in [4.78, 5) is 0. The highest BCUT2D eigenvalue weighted by Gasteiger charge is 2.65. The fourth-order valence-electron chi connectivity index (χ4n) is 7.14. The van der Waals surface area contributed by atoms with E-state index in [1.807, 2.05) is 0 Å². The van der Waals surface area contributed by atoms with Crippen molar-refractivity contribution in [2.45, 2.75) is 26.7 Å². The van der Waals surface area contributed by atoms with E-state index in [-0.39, 0.29) is 16.7 Å². The average molecular weight is 465 g/mol. The summed E-state index contributed by atoms with van der Waals surface area (Å²) >= 11 is 0. The molecule has 3 atom stereocenters. The van der Waals surface area contributed by atoms with Crippen molar-refractivity contribution in [3.63, 3.8) is 0 Å². The molecule has 0 nitrogen and oxygen atoms in total. The molecule has 176 valence electrons. The first-order valence-corrected chi connectivity index (χ1v) is 12.9. The molecule has 36 heavy (non-hydrogen) atoms. The molecule has 0 aromatic heterocycles. The van der Waals surface area contributed by atoms with Crippen molar-refractivity contribution in [1.29, 1.82) is 0 Å². The Morgan fingerprint density at radius 1 is 0.583 bits per heavy atom. The standard InChI is InChI=1S/C36H32/c1-25-31(27-17-9-5-10-18-27)33(29-21-13-7-14-22-29)36(4)26(2)32(28-19-11-6-12-20-28)34(35(25,36)3)30-23-15-8-16-24-30/h5-24,34H,1H2,2-4H3/t34?,35-,36-/m1/s1. The molecule has 2 aliphatic rings. The van der Waals surface area contributed by atoms with Crippen LogP contribution in [0.1, 0.15) is 48.9 Å². The predicted octanol–water partition coefficient (Wildman–Crippen LogP) is 9.45. The fourth-order valence-corrected chi connectivity index (χ4v) is 7.14. The first-order valence-electron chi connectivity index (χ1n) is 12.9. The van der Waals surface area contributed by atoms with Crippen LogP contribution in [0.15, 0.2) is 139 Å². The van der Waals surface area contributed by atoms with Gasteiger partial charge in [-0.3, -0.25) is 0 Å². The molecule has 0 spiro atoms. The summed E-state index contributed by atoms with van der Waals surface area (Å²) < 4.78 is 0. The first kappa shape index (κ1) is 22.6. The van der Waals surface area contributed by atoms with E-state index < -0.39 is 0 Å². The van der Waals surface area contributed by atoms with Crippen molar-refractivity contribution in [2.75, 3.05) is 0 Å². The molecule has 4 aromatic rings. The first-order chi connectivity index (χ1) is 17.5. The highest BCUT2D eigenvalue weighted by Crippen LogP contribution is 2.77. The summed E-state index contributed by atoms with van der Waals surface area (Å²) in [6.45, 7) is 12.2.